The third-order valence-electron chi connectivity index (χ3n) is 5.49. The minimum atomic E-state index is -0.452. The largest absolute Gasteiger partial charge is 0.396 e. The highest BCUT2D eigenvalue weighted by molar-refractivity contribution is 5.95. The molecule has 0 heterocycles. The first-order valence-electron chi connectivity index (χ1n) is 11.2. The van der Waals surface area contributed by atoms with E-state index in [4.69, 9.17) is 5.73 Å². The Morgan fingerprint density at radius 3 is 1.79 bits per heavy atom. The van der Waals surface area contributed by atoms with Crippen LogP contribution in [0.3, 0.4) is 0 Å². The van der Waals surface area contributed by atoms with Gasteiger partial charge in [0.1, 0.15) is 0 Å². The van der Waals surface area contributed by atoms with Gasteiger partial charge in [-0.15, -0.1) is 0 Å². The lowest BCUT2D eigenvalue weighted by Gasteiger charge is -2.34. The predicted octanol–water partition coefficient (Wildman–Crippen LogP) is 3.37. The molecule has 0 unspecified atom stereocenters. The topological polar surface area (TPSA) is 86.9 Å². The number of rotatable bonds is 12. The molecule has 0 saturated carbocycles. The molecule has 0 atom stereocenters. The number of carbonyl (C=O) groups excluding carboxylic acids is 2. The molecule has 6 heteroatoms. The second kappa shape index (κ2) is 12.5. The maximum absolute atomic E-state index is 13.6. The van der Waals surface area contributed by atoms with Crippen molar-refractivity contribution < 1.29 is 14.7 Å². The van der Waals surface area contributed by atoms with E-state index >= 15 is 0 Å². The molecule has 172 valence electrons. The number of primary amides is 1. The van der Waals surface area contributed by atoms with Gasteiger partial charge >= 0.3 is 0 Å². The molecule has 0 fully saturated rings. The monoisotopic (exact) mass is 445 g/mol. The Bertz CT molecular complexity index is 957. The first-order valence-corrected chi connectivity index (χ1v) is 11.2. The molecule has 0 aliphatic carbocycles. The average Bonchev–Trinajstić information content (AvgIpc) is 2.84. The number of para-hydroxylation sites is 1. The smallest absolute Gasteiger partial charge is 0.241 e. The van der Waals surface area contributed by atoms with Crippen molar-refractivity contribution in [2.45, 2.75) is 18.9 Å². The van der Waals surface area contributed by atoms with Crippen LogP contribution in [0.1, 0.15) is 30.0 Å². The predicted molar refractivity (Wildman–Crippen MR) is 131 cm³/mol. The summed E-state index contributed by atoms with van der Waals surface area (Å²) < 4.78 is 0. The van der Waals surface area contributed by atoms with Gasteiger partial charge in [0.15, 0.2) is 0 Å². The van der Waals surface area contributed by atoms with Gasteiger partial charge in [0, 0.05) is 31.8 Å². The van der Waals surface area contributed by atoms with Crippen molar-refractivity contribution in [3.8, 4) is 0 Å². The van der Waals surface area contributed by atoms with Crippen LogP contribution in [0.5, 0.6) is 0 Å². The van der Waals surface area contributed by atoms with Crippen molar-refractivity contribution in [2.24, 2.45) is 5.73 Å². The van der Waals surface area contributed by atoms with E-state index in [-0.39, 0.29) is 38.1 Å². The SMILES string of the molecule is NC(=O)CCN(C(=O)CN(CCCO)C(c1ccccc1)c1ccccc1)c1ccccc1. The second-order valence-corrected chi connectivity index (χ2v) is 7.87. The number of aliphatic hydroxyl groups is 1. The van der Waals surface area contributed by atoms with Gasteiger partial charge in [-0.05, 0) is 29.7 Å². The van der Waals surface area contributed by atoms with Gasteiger partial charge < -0.3 is 15.7 Å². The quantitative estimate of drug-likeness (QED) is 0.448. The second-order valence-electron chi connectivity index (χ2n) is 7.87. The Labute approximate surface area is 195 Å². The number of carbonyl (C=O) groups is 2. The van der Waals surface area contributed by atoms with Crippen molar-refractivity contribution >= 4 is 17.5 Å². The highest BCUT2D eigenvalue weighted by atomic mass is 16.3. The highest BCUT2D eigenvalue weighted by Gasteiger charge is 2.26. The Morgan fingerprint density at radius 2 is 1.30 bits per heavy atom. The summed E-state index contributed by atoms with van der Waals surface area (Å²) in [5, 5.41) is 9.53. The summed E-state index contributed by atoms with van der Waals surface area (Å²) in [5.74, 6) is -0.579. The highest BCUT2D eigenvalue weighted by Crippen LogP contribution is 2.29. The zero-order valence-corrected chi connectivity index (χ0v) is 18.7. The first kappa shape index (κ1) is 24.2. The summed E-state index contributed by atoms with van der Waals surface area (Å²) in [4.78, 5) is 28.7. The van der Waals surface area contributed by atoms with Crippen LogP contribution in [0.2, 0.25) is 0 Å². The number of hydrogen-bond donors (Lipinski definition) is 2. The summed E-state index contributed by atoms with van der Waals surface area (Å²) >= 11 is 0. The molecule has 33 heavy (non-hydrogen) atoms. The van der Waals surface area contributed by atoms with E-state index in [1.807, 2.05) is 66.7 Å². The lowest BCUT2D eigenvalue weighted by Crippen LogP contribution is -2.43. The van der Waals surface area contributed by atoms with Crippen LogP contribution in [-0.2, 0) is 9.59 Å². The van der Waals surface area contributed by atoms with E-state index in [1.54, 1.807) is 4.90 Å². The van der Waals surface area contributed by atoms with Gasteiger partial charge in [0.05, 0.1) is 12.6 Å². The maximum Gasteiger partial charge on any atom is 0.241 e. The maximum atomic E-state index is 13.6. The van der Waals surface area contributed by atoms with Crippen LogP contribution in [0.4, 0.5) is 5.69 Å². The van der Waals surface area contributed by atoms with Crippen LogP contribution in [0.25, 0.3) is 0 Å². The van der Waals surface area contributed by atoms with Crippen LogP contribution >= 0.6 is 0 Å². The fourth-order valence-electron chi connectivity index (χ4n) is 3.94. The number of nitrogens with two attached hydrogens (primary N) is 1. The van der Waals surface area contributed by atoms with E-state index < -0.39 is 5.91 Å². The number of aliphatic hydroxyl groups excluding tert-OH is 1. The van der Waals surface area contributed by atoms with Crippen LogP contribution in [0, 0.1) is 0 Å². The third-order valence-corrected chi connectivity index (χ3v) is 5.49. The normalized spacial score (nSPS) is 11.0. The molecule has 2 amide bonds. The van der Waals surface area contributed by atoms with Gasteiger partial charge in [0.25, 0.3) is 0 Å². The van der Waals surface area contributed by atoms with Crippen molar-refractivity contribution in [2.75, 3.05) is 31.1 Å². The van der Waals surface area contributed by atoms with Crippen LogP contribution in [0.15, 0.2) is 91.0 Å². The summed E-state index contributed by atoms with van der Waals surface area (Å²) in [5.41, 5.74) is 8.23. The Morgan fingerprint density at radius 1 is 0.788 bits per heavy atom. The molecule has 3 aromatic carbocycles. The number of amides is 2. The summed E-state index contributed by atoms with van der Waals surface area (Å²) in [6, 6.07) is 29.2. The Hall–Kier alpha value is -3.48. The fraction of sp³-hybridized carbons (Fsp3) is 0.259. The van der Waals surface area contributed by atoms with Crippen molar-refractivity contribution in [1.82, 2.24) is 4.90 Å². The molecule has 3 rings (SSSR count). The summed E-state index contributed by atoms with van der Waals surface area (Å²) in [7, 11) is 0. The Balaban J connectivity index is 1.94. The van der Waals surface area contributed by atoms with E-state index in [0.717, 1.165) is 16.8 Å². The number of nitrogens with zero attached hydrogens (tertiary/aromatic N) is 2. The summed E-state index contributed by atoms with van der Waals surface area (Å²) in [6.45, 7) is 0.912. The zero-order chi connectivity index (χ0) is 23.5. The fourth-order valence-corrected chi connectivity index (χ4v) is 3.94. The third kappa shape index (κ3) is 7.00. The molecular weight excluding hydrogens is 414 g/mol. The van der Waals surface area contributed by atoms with Gasteiger partial charge in [-0.2, -0.15) is 0 Å². The Kier molecular flexibility index (Phi) is 9.18. The molecule has 0 bridgehead atoms. The van der Waals surface area contributed by atoms with E-state index in [2.05, 4.69) is 29.2 Å². The number of benzene rings is 3. The molecule has 0 radical (unpaired) electrons. The summed E-state index contributed by atoms with van der Waals surface area (Å²) in [6.07, 6.45) is 0.619. The van der Waals surface area contributed by atoms with Gasteiger partial charge in [-0.1, -0.05) is 78.9 Å². The number of hydrogen-bond acceptors (Lipinski definition) is 4. The van der Waals surface area contributed by atoms with Crippen molar-refractivity contribution in [3.63, 3.8) is 0 Å². The molecule has 0 saturated heterocycles. The van der Waals surface area contributed by atoms with Gasteiger partial charge in [-0.25, -0.2) is 0 Å². The van der Waals surface area contributed by atoms with E-state index in [9.17, 15) is 14.7 Å². The van der Waals surface area contributed by atoms with E-state index in [1.165, 1.54) is 0 Å². The van der Waals surface area contributed by atoms with Crippen LogP contribution < -0.4 is 10.6 Å². The molecule has 0 aliphatic rings. The van der Waals surface area contributed by atoms with Gasteiger partial charge in [0.2, 0.25) is 11.8 Å². The molecule has 0 spiro atoms. The lowest BCUT2D eigenvalue weighted by atomic mass is 9.96. The molecule has 0 aliphatic heterocycles. The molecule has 0 aromatic heterocycles. The number of anilines is 1. The molecule has 3 N–H and O–H groups in total. The van der Waals surface area contributed by atoms with Crippen LogP contribution in [-0.4, -0.2) is 48.1 Å². The first-order chi connectivity index (χ1) is 16.1. The minimum absolute atomic E-state index is 0.0328. The molecular formula is C27H31N3O3. The van der Waals surface area contributed by atoms with E-state index in [0.29, 0.717) is 13.0 Å². The molecule has 6 nitrogen and oxygen atoms in total. The van der Waals surface area contributed by atoms with Crippen molar-refractivity contribution in [3.05, 3.63) is 102 Å². The molecule has 3 aromatic rings. The zero-order valence-electron chi connectivity index (χ0n) is 18.7. The lowest BCUT2D eigenvalue weighted by molar-refractivity contribution is -0.120. The van der Waals surface area contributed by atoms with Crippen molar-refractivity contribution in [1.29, 1.82) is 0 Å². The average molecular weight is 446 g/mol. The minimum Gasteiger partial charge on any atom is -0.396 e. The standard InChI is InChI=1S/C27H31N3O3/c28-25(32)17-19-30(24-15-8-3-9-16-24)26(33)21-29(18-10-20-31)27(22-11-4-1-5-12-22)23-13-6-2-7-14-23/h1-9,11-16,27,31H,10,17-21H2,(H2,28,32). The van der Waals surface area contributed by atoms with Gasteiger partial charge in [-0.3, -0.25) is 14.5 Å².